The predicted molar refractivity (Wildman–Crippen MR) is 127 cm³/mol. The molecule has 31 heavy (non-hydrogen) atoms. The highest BCUT2D eigenvalue weighted by Gasteiger charge is 2.16. The summed E-state index contributed by atoms with van der Waals surface area (Å²) in [7, 11) is 0. The van der Waals surface area contributed by atoms with Gasteiger partial charge in [0.15, 0.2) is 0 Å². The Morgan fingerprint density at radius 2 is 1.77 bits per heavy atom. The monoisotopic (exact) mass is 431 g/mol. The number of benzene rings is 2. The Hall–Kier alpha value is -3.11. The minimum atomic E-state index is 0.0434. The van der Waals surface area contributed by atoms with Crippen molar-refractivity contribution in [1.29, 1.82) is 0 Å². The van der Waals surface area contributed by atoms with Crippen LogP contribution in [0.2, 0.25) is 5.02 Å². The number of rotatable bonds is 6. The summed E-state index contributed by atoms with van der Waals surface area (Å²) < 4.78 is 2.12. The molecule has 0 aliphatic heterocycles. The van der Waals surface area contributed by atoms with Gasteiger partial charge in [0, 0.05) is 29.2 Å². The van der Waals surface area contributed by atoms with Gasteiger partial charge in [-0.25, -0.2) is 4.98 Å². The van der Waals surface area contributed by atoms with Crippen LogP contribution in [0.5, 0.6) is 0 Å². The fraction of sp³-hybridized carbons (Fsp3) is 0.231. The highest BCUT2D eigenvalue weighted by molar-refractivity contribution is 6.30. The molecule has 2 heterocycles. The third-order valence-electron chi connectivity index (χ3n) is 5.23. The summed E-state index contributed by atoms with van der Waals surface area (Å²) in [4.78, 5) is 17.2. The summed E-state index contributed by atoms with van der Waals surface area (Å²) in [6.07, 6.45) is 3.11. The number of nitrogens with zero attached hydrogens (tertiary/aromatic N) is 2. The molecule has 0 bridgehead atoms. The van der Waals surface area contributed by atoms with Gasteiger partial charge in [0.25, 0.3) is 0 Å². The maximum atomic E-state index is 12.3. The van der Waals surface area contributed by atoms with Gasteiger partial charge in [-0.2, -0.15) is 0 Å². The van der Waals surface area contributed by atoms with Crippen LogP contribution in [-0.4, -0.2) is 21.3 Å². The molecule has 2 aromatic heterocycles. The summed E-state index contributed by atoms with van der Waals surface area (Å²) in [6, 6.07) is 20.4. The van der Waals surface area contributed by atoms with Gasteiger partial charge in [0.2, 0.25) is 5.91 Å². The van der Waals surface area contributed by atoms with E-state index >= 15 is 0 Å². The molecule has 4 aromatic rings. The summed E-state index contributed by atoms with van der Waals surface area (Å²) in [5.41, 5.74) is 7.25. The van der Waals surface area contributed by atoms with Crippen LogP contribution < -0.4 is 5.32 Å². The molecule has 5 heteroatoms. The number of amides is 1. The van der Waals surface area contributed by atoms with Gasteiger partial charge in [0.1, 0.15) is 5.65 Å². The molecule has 0 aliphatic carbocycles. The molecule has 0 spiro atoms. The van der Waals surface area contributed by atoms with Crippen LogP contribution in [0, 0.1) is 6.92 Å². The van der Waals surface area contributed by atoms with Gasteiger partial charge in [0.05, 0.1) is 11.4 Å². The Kier molecular flexibility index (Phi) is 6.10. The van der Waals surface area contributed by atoms with Crippen LogP contribution in [0.4, 0.5) is 0 Å². The number of fused-ring (bicyclic) bond motifs is 1. The molecule has 0 radical (unpaired) electrons. The second-order valence-electron chi connectivity index (χ2n) is 8.15. The molecule has 4 nitrogen and oxygen atoms in total. The van der Waals surface area contributed by atoms with E-state index in [9.17, 15) is 4.79 Å². The van der Waals surface area contributed by atoms with Crippen LogP contribution in [0.1, 0.15) is 31.5 Å². The summed E-state index contributed by atoms with van der Waals surface area (Å²) in [5.74, 6) is 0.0434. The third-order valence-corrected chi connectivity index (χ3v) is 5.48. The molecule has 1 amide bonds. The number of hydrogen-bond donors (Lipinski definition) is 1. The Balaban J connectivity index is 1.79. The normalized spacial score (nSPS) is 11.3. The molecule has 158 valence electrons. The molecule has 0 saturated heterocycles. The van der Waals surface area contributed by atoms with Crippen molar-refractivity contribution in [2.24, 2.45) is 0 Å². The molecular weight excluding hydrogens is 406 g/mol. The van der Waals surface area contributed by atoms with Crippen molar-refractivity contribution in [2.75, 3.05) is 0 Å². The van der Waals surface area contributed by atoms with Crippen LogP contribution in [0.25, 0.3) is 28.0 Å². The molecule has 0 fully saturated rings. The van der Waals surface area contributed by atoms with E-state index in [-0.39, 0.29) is 11.9 Å². The number of aryl methyl sites for hydroxylation is 2. The molecule has 0 atom stereocenters. The predicted octanol–water partition coefficient (Wildman–Crippen LogP) is 6.09. The highest BCUT2D eigenvalue weighted by Crippen LogP contribution is 2.29. The first-order valence-corrected chi connectivity index (χ1v) is 10.9. The van der Waals surface area contributed by atoms with Gasteiger partial charge < -0.3 is 9.72 Å². The van der Waals surface area contributed by atoms with Crippen molar-refractivity contribution < 1.29 is 4.79 Å². The van der Waals surface area contributed by atoms with Crippen molar-refractivity contribution >= 4 is 23.2 Å². The SMILES string of the molecule is Cc1cccc(-c2ccc3nc(-c4ccc(Cl)cc4)c(CCC(=O)NC(C)C)n3c2)c1. The number of pyridine rings is 1. The maximum Gasteiger partial charge on any atom is 0.220 e. The minimum absolute atomic E-state index is 0.0434. The molecule has 2 aromatic carbocycles. The largest absolute Gasteiger partial charge is 0.354 e. The maximum absolute atomic E-state index is 12.3. The topological polar surface area (TPSA) is 46.4 Å². The zero-order valence-electron chi connectivity index (χ0n) is 18.0. The lowest BCUT2D eigenvalue weighted by atomic mass is 10.0. The number of imidazole rings is 1. The summed E-state index contributed by atoms with van der Waals surface area (Å²) in [5, 5.41) is 3.66. The molecule has 4 rings (SSSR count). The van der Waals surface area contributed by atoms with E-state index in [1.807, 2.05) is 44.2 Å². The first kappa shape index (κ1) is 21.1. The number of carbonyl (C=O) groups is 1. The van der Waals surface area contributed by atoms with Crippen molar-refractivity contribution in [3.8, 4) is 22.4 Å². The number of carbonyl (C=O) groups excluding carboxylic acids is 1. The zero-order valence-corrected chi connectivity index (χ0v) is 18.8. The number of halogens is 1. The van der Waals surface area contributed by atoms with Crippen LogP contribution in [0.15, 0.2) is 66.9 Å². The van der Waals surface area contributed by atoms with E-state index in [1.165, 1.54) is 5.56 Å². The average Bonchev–Trinajstić information content (AvgIpc) is 3.10. The number of aromatic nitrogens is 2. The van der Waals surface area contributed by atoms with E-state index in [4.69, 9.17) is 16.6 Å². The van der Waals surface area contributed by atoms with Gasteiger partial charge in [-0.3, -0.25) is 4.79 Å². The first-order valence-electron chi connectivity index (χ1n) is 10.5. The van der Waals surface area contributed by atoms with Crippen LogP contribution >= 0.6 is 11.6 Å². The van der Waals surface area contributed by atoms with E-state index in [0.29, 0.717) is 17.9 Å². The van der Waals surface area contributed by atoms with Crippen molar-refractivity contribution in [2.45, 2.75) is 39.7 Å². The summed E-state index contributed by atoms with van der Waals surface area (Å²) in [6.45, 7) is 6.04. The lowest BCUT2D eigenvalue weighted by Crippen LogP contribution is -2.30. The van der Waals surface area contributed by atoms with Crippen molar-refractivity contribution in [1.82, 2.24) is 14.7 Å². The van der Waals surface area contributed by atoms with E-state index in [1.54, 1.807) is 0 Å². The Morgan fingerprint density at radius 1 is 1.03 bits per heavy atom. The standard InChI is InChI=1S/C26H26ClN3O/c1-17(2)28-25(31)14-12-23-26(19-7-10-22(27)11-8-19)29-24-13-9-21(16-30(23)24)20-6-4-5-18(3)15-20/h4-11,13,15-17H,12,14H2,1-3H3,(H,28,31). The van der Waals surface area contributed by atoms with Gasteiger partial charge in [-0.1, -0.05) is 53.6 Å². The quantitative estimate of drug-likeness (QED) is 0.401. The number of hydrogen-bond acceptors (Lipinski definition) is 2. The minimum Gasteiger partial charge on any atom is -0.354 e. The Labute approximate surface area is 187 Å². The van der Waals surface area contributed by atoms with Crippen molar-refractivity contribution in [3.05, 3.63) is 83.1 Å². The van der Waals surface area contributed by atoms with Crippen LogP contribution in [-0.2, 0) is 11.2 Å². The second kappa shape index (κ2) is 8.94. The van der Waals surface area contributed by atoms with E-state index in [0.717, 1.165) is 33.7 Å². The third kappa shape index (κ3) is 4.80. The highest BCUT2D eigenvalue weighted by atomic mass is 35.5. The number of nitrogens with one attached hydrogen (secondary N) is 1. The van der Waals surface area contributed by atoms with Gasteiger partial charge >= 0.3 is 0 Å². The Morgan fingerprint density at radius 3 is 2.48 bits per heavy atom. The smallest absolute Gasteiger partial charge is 0.220 e. The molecule has 0 aliphatic rings. The first-order chi connectivity index (χ1) is 14.9. The van der Waals surface area contributed by atoms with E-state index < -0.39 is 0 Å². The zero-order chi connectivity index (χ0) is 22.0. The summed E-state index contributed by atoms with van der Waals surface area (Å²) >= 11 is 6.09. The fourth-order valence-electron chi connectivity index (χ4n) is 3.79. The molecule has 0 saturated carbocycles. The fourth-order valence-corrected chi connectivity index (χ4v) is 3.92. The van der Waals surface area contributed by atoms with Crippen molar-refractivity contribution in [3.63, 3.8) is 0 Å². The lowest BCUT2D eigenvalue weighted by molar-refractivity contribution is -0.121. The molecular formula is C26H26ClN3O. The Bertz CT molecular complexity index is 1230. The molecule has 0 unspecified atom stereocenters. The lowest BCUT2D eigenvalue weighted by Gasteiger charge is -2.10. The van der Waals surface area contributed by atoms with Gasteiger partial charge in [-0.05, 0) is 62.6 Å². The average molecular weight is 432 g/mol. The van der Waals surface area contributed by atoms with Crippen LogP contribution in [0.3, 0.4) is 0 Å². The van der Waals surface area contributed by atoms with E-state index in [2.05, 4.69) is 53.2 Å². The second-order valence-corrected chi connectivity index (χ2v) is 8.59. The molecule has 1 N–H and O–H groups in total. The van der Waals surface area contributed by atoms with Gasteiger partial charge in [-0.15, -0.1) is 0 Å².